The maximum atomic E-state index is 14.3. The van der Waals surface area contributed by atoms with Crippen molar-refractivity contribution in [2.24, 2.45) is 17.3 Å². The number of amides is 6. The van der Waals surface area contributed by atoms with Crippen molar-refractivity contribution >= 4 is 41.4 Å². The van der Waals surface area contributed by atoms with Crippen LogP contribution in [0.5, 0.6) is 0 Å². The third-order valence-corrected chi connectivity index (χ3v) is 9.14. The SMILES string of the molecule is CCCC[C@H](NC(=O)[C@@H]1C[C@@H](CCC(C)C)CN1C(=O)[C@@H](NC(=O)OC(C)(C)C)C(C)(C)C)C(=O)C(=O)NCC(=O)NC(C(=O)N(C)C)c1ccccc1. The van der Waals surface area contributed by atoms with E-state index < -0.39 is 77.2 Å². The molecule has 54 heavy (non-hydrogen) atoms. The Labute approximate surface area is 321 Å². The summed E-state index contributed by atoms with van der Waals surface area (Å²) in [6, 6.07) is 4.46. The second-order valence-electron chi connectivity index (χ2n) is 16.9. The summed E-state index contributed by atoms with van der Waals surface area (Å²) in [5.41, 5.74) is -0.982. The summed E-state index contributed by atoms with van der Waals surface area (Å²) in [6.45, 7) is 16.4. The monoisotopic (exact) mass is 756 g/mol. The van der Waals surface area contributed by atoms with Gasteiger partial charge in [-0.3, -0.25) is 28.8 Å². The molecule has 0 aromatic heterocycles. The number of ketones is 1. The fraction of sp³-hybridized carbons (Fsp3) is 0.675. The van der Waals surface area contributed by atoms with Crippen molar-refractivity contribution in [3.05, 3.63) is 35.9 Å². The third-order valence-electron chi connectivity index (χ3n) is 9.14. The molecule has 1 fully saturated rings. The Morgan fingerprint density at radius 3 is 2.07 bits per heavy atom. The van der Waals surface area contributed by atoms with Crippen LogP contribution in [-0.2, 0) is 33.5 Å². The number of likely N-dealkylation sites (tertiary alicyclic amines) is 1. The third kappa shape index (κ3) is 14.4. The Balaban J connectivity index is 2.26. The number of alkyl carbamates (subject to hydrolysis) is 1. The van der Waals surface area contributed by atoms with Gasteiger partial charge in [-0.1, -0.05) is 91.1 Å². The van der Waals surface area contributed by atoms with Gasteiger partial charge >= 0.3 is 6.09 Å². The van der Waals surface area contributed by atoms with Crippen molar-refractivity contribution in [2.45, 2.75) is 131 Å². The molecule has 1 unspecified atom stereocenters. The van der Waals surface area contributed by atoms with Gasteiger partial charge < -0.3 is 35.8 Å². The molecular weight excluding hydrogens is 692 g/mol. The summed E-state index contributed by atoms with van der Waals surface area (Å²) in [7, 11) is 3.12. The quantitative estimate of drug-likeness (QED) is 0.173. The van der Waals surface area contributed by atoms with E-state index in [1.807, 2.05) is 27.7 Å². The van der Waals surface area contributed by atoms with Crippen LogP contribution in [0.4, 0.5) is 4.79 Å². The number of carbonyl (C=O) groups excluding carboxylic acids is 7. The lowest BCUT2D eigenvalue weighted by Gasteiger charge is -2.36. The molecule has 0 saturated carbocycles. The average Bonchev–Trinajstić information content (AvgIpc) is 3.52. The number of benzene rings is 1. The van der Waals surface area contributed by atoms with Crippen LogP contribution in [0.1, 0.15) is 112 Å². The highest BCUT2D eigenvalue weighted by Gasteiger charge is 2.46. The molecule has 4 N–H and O–H groups in total. The van der Waals surface area contributed by atoms with E-state index in [1.54, 1.807) is 65.2 Å². The maximum Gasteiger partial charge on any atom is 0.408 e. The number of hydrogen-bond donors (Lipinski definition) is 4. The summed E-state index contributed by atoms with van der Waals surface area (Å²) in [5, 5.41) is 10.4. The van der Waals surface area contributed by atoms with E-state index in [1.165, 1.54) is 9.80 Å². The van der Waals surface area contributed by atoms with E-state index >= 15 is 0 Å². The van der Waals surface area contributed by atoms with Gasteiger partial charge in [0.15, 0.2) is 0 Å². The van der Waals surface area contributed by atoms with Crippen LogP contribution in [0.3, 0.4) is 0 Å². The number of hydrogen-bond acceptors (Lipinski definition) is 8. The Hall–Kier alpha value is -4.49. The molecule has 1 aromatic rings. The van der Waals surface area contributed by atoms with E-state index in [0.29, 0.717) is 30.7 Å². The molecule has 1 saturated heterocycles. The van der Waals surface area contributed by atoms with Crippen LogP contribution in [0.15, 0.2) is 30.3 Å². The number of Topliss-reactive ketones (excluding diaryl/α,β-unsaturated/α-hetero) is 1. The highest BCUT2D eigenvalue weighted by molar-refractivity contribution is 6.38. The van der Waals surface area contributed by atoms with Gasteiger partial charge in [0, 0.05) is 20.6 Å². The summed E-state index contributed by atoms with van der Waals surface area (Å²) in [6.07, 6.45) is 2.63. The molecular formula is C40H64N6O8. The zero-order valence-electron chi connectivity index (χ0n) is 34.2. The summed E-state index contributed by atoms with van der Waals surface area (Å²) in [4.78, 5) is 96.4. The molecule has 0 aliphatic carbocycles. The first-order valence-corrected chi connectivity index (χ1v) is 19.0. The number of rotatable bonds is 17. The van der Waals surface area contributed by atoms with E-state index in [9.17, 15) is 33.6 Å². The molecule has 5 atom stereocenters. The van der Waals surface area contributed by atoms with Crippen LogP contribution < -0.4 is 21.3 Å². The number of nitrogens with one attached hydrogen (secondary N) is 4. The average molecular weight is 757 g/mol. The molecule has 14 heteroatoms. The maximum absolute atomic E-state index is 14.3. The van der Waals surface area contributed by atoms with Gasteiger partial charge in [-0.05, 0) is 62.8 Å². The summed E-state index contributed by atoms with van der Waals surface area (Å²) < 4.78 is 5.45. The first kappa shape index (κ1) is 45.7. The lowest BCUT2D eigenvalue weighted by atomic mass is 9.85. The molecule has 1 aromatic carbocycles. The molecule has 1 aliphatic rings. The van der Waals surface area contributed by atoms with Gasteiger partial charge in [0.1, 0.15) is 23.7 Å². The molecule has 0 radical (unpaired) electrons. The standard InChI is InChI=1S/C40H64N6O8/c1-12-13-19-28(32(48)35(50)41-23-30(47)43-31(36(51)45(10)11)27-17-15-14-16-18-27)42-34(49)29-22-26(21-20-25(2)3)24-46(29)37(52)33(39(4,5)6)44-38(53)54-40(7,8)9/h14-18,25-26,28-29,31,33H,12-13,19-24H2,1-11H3,(H,41,50)(H,42,49)(H,43,47)(H,44,53)/t26-,28+,29+,31?,33-/m1/s1. The second-order valence-corrected chi connectivity index (χ2v) is 16.9. The minimum atomic E-state index is -1.21. The Morgan fingerprint density at radius 2 is 1.54 bits per heavy atom. The van der Waals surface area contributed by atoms with E-state index in [2.05, 4.69) is 35.1 Å². The van der Waals surface area contributed by atoms with Crippen LogP contribution in [-0.4, -0.2) is 102 Å². The number of ether oxygens (including phenoxy) is 1. The number of nitrogens with zero attached hydrogens (tertiary/aromatic N) is 2. The van der Waals surface area contributed by atoms with Gasteiger partial charge in [-0.2, -0.15) is 0 Å². The highest BCUT2D eigenvalue weighted by Crippen LogP contribution is 2.32. The molecule has 1 aliphatic heterocycles. The zero-order chi connectivity index (χ0) is 41.0. The van der Waals surface area contributed by atoms with Crippen molar-refractivity contribution in [3.8, 4) is 0 Å². The van der Waals surface area contributed by atoms with Gasteiger partial charge in [0.2, 0.25) is 29.4 Å². The van der Waals surface area contributed by atoms with Crippen molar-refractivity contribution < 1.29 is 38.3 Å². The summed E-state index contributed by atoms with van der Waals surface area (Å²) in [5.74, 6) is -3.66. The number of likely N-dealkylation sites (N-methyl/N-ethyl adjacent to an activating group) is 1. The molecule has 2 rings (SSSR count). The van der Waals surface area contributed by atoms with Crippen LogP contribution >= 0.6 is 0 Å². The minimum absolute atomic E-state index is 0.0000567. The molecule has 14 nitrogen and oxygen atoms in total. The van der Waals surface area contributed by atoms with Crippen molar-refractivity contribution in [2.75, 3.05) is 27.2 Å². The van der Waals surface area contributed by atoms with Crippen LogP contribution in [0.25, 0.3) is 0 Å². The Kier molecular flexibility index (Phi) is 17.1. The predicted molar refractivity (Wildman–Crippen MR) is 206 cm³/mol. The van der Waals surface area contributed by atoms with Crippen LogP contribution in [0, 0.1) is 17.3 Å². The fourth-order valence-corrected chi connectivity index (χ4v) is 6.19. The number of carbonyl (C=O) groups is 7. The molecule has 302 valence electrons. The lowest BCUT2D eigenvalue weighted by Crippen LogP contribution is -2.59. The highest BCUT2D eigenvalue weighted by atomic mass is 16.6. The largest absolute Gasteiger partial charge is 0.444 e. The fourth-order valence-electron chi connectivity index (χ4n) is 6.19. The number of unbranched alkanes of at least 4 members (excludes halogenated alkanes) is 1. The van der Waals surface area contributed by atoms with Gasteiger partial charge in [-0.15, -0.1) is 0 Å². The van der Waals surface area contributed by atoms with Crippen molar-refractivity contribution in [3.63, 3.8) is 0 Å². The molecule has 0 bridgehead atoms. The smallest absolute Gasteiger partial charge is 0.408 e. The van der Waals surface area contributed by atoms with E-state index in [0.717, 1.165) is 12.8 Å². The Bertz CT molecular complexity index is 1470. The predicted octanol–water partition coefficient (Wildman–Crippen LogP) is 3.89. The van der Waals surface area contributed by atoms with Crippen molar-refractivity contribution in [1.82, 2.24) is 31.1 Å². The van der Waals surface area contributed by atoms with Gasteiger partial charge in [0.25, 0.3) is 5.91 Å². The first-order chi connectivity index (χ1) is 25.0. The lowest BCUT2D eigenvalue weighted by molar-refractivity contribution is -0.144. The zero-order valence-corrected chi connectivity index (χ0v) is 34.2. The Morgan fingerprint density at radius 1 is 0.907 bits per heavy atom. The minimum Gasteiger partial charge on any atom is -0.444 e. The summed E-state index contributed by atoms with van der Waals surface area (Å²) >= 11 is 0. The van der Waals surface area contributed by atoms with E-state index in [-0.39, 0.29) is 24.8 Å². The van der Waals surface area contributed by atoms with Gasteiger partial charge in [0.05, 0.1) is 12.6 Å². The first-order valence-electron chi connectivity index (χ1n) is 19.0. The molecule has 6 amide bonds. The molecule has 0 spiro atoms. The second kappa shape index (κ2) is 20.3. The van der Waals surface area contributed by atoms with Crippen molar-refractivity contribution in [1.29, 1.82) is 0 Å². The van der Waals surface area contributed by atoms with E-state index in [4.69, 9.17) is 4.74 Å². The topological polar surface area (TPSA) is 183 Å². The molecule has 1 heterocycles. The normalized spacial score (nSPS) is 17.5. The van der Waals surface area contributed by atoms with Gasteiger partial charge in [-0.25, -0.2) is 4.79 Å². The van der Waals surface area contributed by atoms with Crippen LogP contribution in [0.2, 0.25) is 0 Å².